The van der Waals surface area contributed by atoms with E-state index in [9.17, 15) is 44.1 Å². The lowest BCUT2D eigenvalue weighted by molar-refractivity contribution is -0.157. The molecule has 0 aliphatic heterocycles. The van der Waals surface area contributed by atoms with Crippen LogP contribution in [0.25, 0.3) is 24.3 Å². The van der Waals surface area contributed by atoms with E-state index in [0.29, 0.717) is 41.1 Å². The predicted molar refractivity (Wildman–Crippen MR) is 372 cm³/mol. The Kier molecular flexibility index (Phi) is 28.1. The molecule has 2 aliphatic carbocycles. The van der Waals surface area contributed by atoms with Crippen molar-refractivity contribution in [1.82, 2.24) is 0 Å². The second-order valence-corrected chi connectivity index (χ2v) is 24.5. The van der Waals surface area contributed by atoms with Gasteiger partial charge in [-0.1, -0.05) is 202 Å². The molecule has 4 aromatic rings. The Labute approximate surface area is 548 Å². The van der Waals surface area contributed by atoms with Crippen molar-refractivity contribution in [3.05, 3.63) is 255 Å². The maximum absolute atomic E-state index is 13.2. The first-order valence-corrected chi connectivity index (χ1v) is 30.9. The van der Waals surface area contributed by atoms with Crippen LogP contribution in [0.5, 0.6) is 28.7 Å². The van der Waals surface area contributed by atoms with Gasteiger partial charge in [-0.05, 0) is 165 Å². The van der Waals surface area contributed by atoms with Gasteiger partial charge in [-0.15, -0.1) is 0 Å². The summed E-state index contributed by atoms with van der Waals surface area (Å²) in [6, 6.07) is 23.3. The topological polar surface area (TPSA) is 200 Å². The van der Waals surface area contributed by atoms with E-state index in [0.717, 1.165) is 55.7 Å². The van der Waals surface area contributed by atoms with Gasteiger partial charge in [-0.2, -0.15) is 0 Å². The number of ether oxygens (including phenoxy) is 4. The van der Waals surface area contributed by atoms with Crippen LogP contribution in [0.2, 0.25) is 0 Å². The van der Waals surface area contributed by atoms with Crippen molar-refractivity contribution in [2.45, 2.75) is 134 Å². The van der Waals surface area contributed by atoms with Gasteiger partial charge >= 0.3 is 23.9 Å². The molecule has 0 radical (unpaired) electrons. The smallest absolute Gasteiger partial charge is 0.311 e. The number of esters is 4. The van der Waals surface area contributed by atoms with Gasteiger partial charge in [-0.3, -0.25) is 28.8 Å². The fourth-order valence-electron chi connectivity index (χ4n) is 10.2. The third-order valence-electron chi connectivity index (χ3n) is 15.0. The predicted octanol–water partition coefficient (Wildman–Crippen LogP) is 17.7. The van der Waals surface area contributed by atoms with E-state index in [4.69, 9.17) is 18.9 Å². The van der Waals surface area contributed by atoms with Crippen molar-refractivity contribution in [1.29, 1.82) is 0 Å². The van der Waals surface area contributed by atoms with Crippen LogP contribution < -0.4 is 9.47 Å². The molecule has 486 valence electrons. The molecular weight excluding hydrogens is 1170 g/mol. The lowest BCUT2D eigenvalue weighted by Gasteiger charge is -2.36. The van der Waals surface area contributed by atoms with E-state index < -0.39 is 46.9 Å². The molecule has 4 aromatic carbocycles. The highest BCUT2D eigenvalue weighted by Gasteiger charge is 2.41. The summed E-state index contributed by atoms with van der Waals surface area (Å²) < 4.78 is 21.8. The maximum Gasteiger partial charge on any atom is 0.311 e. The minimum absolute atomic E-state index is 0.0411. The number of phenolic OH excluding ortho intramolecular Hbond substituents is 3. The van der Waals surface area contributed by atoms with Crippen LogP contribution in [-0.2, 0) is 38.2 Å². The highest BCUT2D eigenvalue weighted by molar-refractivity contribution is 6.02. The largest absolute Gasteiger partial charge is 0.508 e. The molecule has 0 amide bonds. The van der Waals surface area contributed by atoms with E-state index in [1.165, 1.54) is 18.2 Å². The average Bonchev–Trinajstić information content (AvgIpc) is 0.800. The van der Waals surface area contributed by atoms with Crippen LogP contribution in [0.4, 0.5) is 0 Å². The average molecular weight is 1260 g/mol. The van der Waals surface area contributed by atoms with Crippen molar-refractivity contribution in [2.24, 2.45) is 10.8 Å². The van der Waals surface area contributed by atoms with E-state index in [1.54, 1.807) is 86.7 Å². The standard InChI is InChI=1S/C42H46O7.C38H42O6/c1-7-8-9-10-12-29(2)13-11-14-30(3)15-22-37-31(4)41(47)38(28-42(37,5)6)49-40(46)24-23-39(45)48-36-20-18-32(19-21-36)16-17-33-25-34(43)27-35(44)26-33;1-25(2)9-8-10-26(3)11-18-33-28(5)37(42)34(24-38(33,6)7)44-36(41)20-19-35(40)43-32-16-14-29(15-17-32)12-13-30-21-27(4)22-31(39)23-30/h7-22,25-27,38,43-44H,23-24,28H2,1-6H3;8-18,21-23,34,39H,1,19-20,24H2,2-7H3/b8-7-,10-9+,13-11+,17-16+,22-15+,29-12+,30-14+;9-8+,13-12+,18-11+,26-10+. The molecule has 2 aliphatic rings. The first kappa shape index (κ1) is 73.6. The van der Waals surface area contributed by atoms with Crippen LogP contribution in [0.1, 0.15) is 143 Å². The van der Waals surface area contributed by atoms with Crippen molar-refractivity contribution >= 4 is 59.7 Å². The van der Waals surface area contributed by atoms with Crippen molar-refractivity contribution < 1.29 is 63.0 Å². The fraction of sp³-hybridized carbons (Fsp3) is 0.275. The minimum atomic E-state index is -0.920. The Morgan fingerprint density at radius 3 is 1.27 bits per heavy atom. The highest BCUT2D eigenvalue weighted by Crippen LogP contribution is 2.42. The molecule has 13 nitrogen and oxygen atoms in total. The van der Waals surface area contributed by atoms with E-state index in [2.05, 4.69) is 6.58 Å². The zero-order chi connectivity index (χ0) is 68.4. The van der Waals surface area contributed by atoms with Gasteiger partial charge in [0.25, 0.3) is 0 Å². The Bertz CT molecular complexity index is 3770. The molecule has 0 saturated carbocycles. The molecule has 0 heterocycles. The minimum Gasteiger partial charge on any atom is -0.508 e. The van der Waals surface area contributed by atoms with Gasteiger partial charge in [-0.25, -0.2) is 0 Å². The molecule has 0 bridgehead atoms. The molecule has 93 heavy (non-hydrogen) atoms. The third-order valence-corrected chi connectivity index (χ3v) is 15.0. The summed E-state index contributed by atoms with van der Waals surface area (Å²) in [6.45, 7) is 27.3. The van der Waals surface area contributed by atoms with E-state index in [-0.39, 0.29) is 54.5 Å². The van der Waals surface area contributed by atoms with Gasteiger partial charge in [0, 0.05) is 18.9 Å². The molecule has 6 rings (SSSR count). The van der Waals surface area contributed by atoms with Crippen molar-refractivity contribution in [3.8, 4) is 28.7 Å². The number of hydrogen-bond donors (Lipinski definition) is 3. The summed E-state index contributed by atoms with van der Waals surface area (Å²) in [7, 11) is 0. The number of carbonyl (C=O) groups is 6. The molecule has 0 spiro atoms. The summed E-state index contributed by atoms with van der Waals surface area (Å²) >= 11 is 0. The molecule has 2 unspecified atom stereocenters. The molecule has 0 saturated heterocycles. The summed E-state index contributed by atoms with van der Waals surface area (Å²) in [4.78, 5) is 76.4. The second-order valence-electron chi connectivity index (χ2n) is 24.5. The Hall–Kier alpha value is -10.1. The van der Waals surface area contributed by atoms with Gasteiger partial charge < -0.3 is 34.3 Å². The molecule has 2 atom stereocenters. The maximum atomic E-state index is 13.2. The number of rotatable bonds is 24. The van der Waals surface area contributed by atoms with Crippen LogP contribution in [0, 0.1) is 17.8 Å². The number of benzene rings is 4. The first-order chi connectivity index (χ1) is 44.0. The Morgan fingerprint density at radius 2 is 0.849 bits per heavy atom. The van der Waals surface area contributed by atoms with Gasteiger partial charge in [0.1, 0.15) is 28.7 Å². The SMILES string of the molecule is C=C(C)/C=C/C=C(C)/C=C/C1=C(C)C(=O)C(OC(=O)CCC(=O)Oc2ccc(/C=C/c3cc(C)cc(O)c3)cc2)CC1(C)C.C\C=C/C=C/C=C(C)/C=C/C=C(C)/C=C/C1=C(C)C(=O)C(OC(=O)CCC(=O)Oc2ccc(/C=C/c3cc(O)cc(O)c3)cc2)CC1(C)C. The normalized spacial score (nSPS) is 17.2. The number of aromatic hydroxyl groups is 3. The van der Waals surface area contributed by atoms with Crippen molar-refractivity contribution in [2.75, 3.05) is 0 Å². The highest BCUT2D eigenvalue weighted by atomic mass is 16.6. The fourth-order valence-corrected chi connectivity index (χ4v) is 10.2. The Balaban J connectivity index is 0.000000339. The zero-order valence-electron chi connectivity index (χ0n) is 55.6. The summed E-state index contributed by atoms with van der Waals surface area (Å²) in [5.41, 5.74) is 10.4. The molecule has 3 N–H and O–H groups in total. The third kappa shape index (κ3) is 25.2. The number of allylic oxidation sites excluding steroid dienone is 21. The number of Topliss-reactive ketones (excluding diaryl/α,β-unsaturated/α-hetero) is 2. The number of ketones is 2. The summed E-state index contributed by atoms with van der Waals surface area (Å²) in [6.07, 6.45) is 35.1. The summed E-state index contributed by atoms with van der Waals surface area (Å²) in [5.74, 6) is -2.08. The lowest BCUT2D eigenvalue weighted by atomic mass is 9.71. The van der Waals surface area contributed by atoms with Gasteiger partial charge in [0.05, 0.1) is 25.7 Å². The second kappa shape index (κ2) is 35.5. The van der Waals surface area contributed by atoms with Crippen LogP contribution in [0.15, 0.2) is 227 Å². The number of hydrogen-bond acceptors (Lipinski definition) is 13. The van der Waals surface area contributed by atoms with Gasteiger partial charge in [0.2, 0.25) is 0 Å². The van der Waals surface area contributed by atoms with Crippen LogP contribution in [0.3, 0.4) is 0 Å². The quantitative estimate of drug-likeness (QED) is 0.0259. The molecule has 13 heteroatoms. The monoisotopic (exact) mass is 1260 g/mol. The number of carbonyl (C=O) groups excluding carboxylic acids is 6. The molecule has 0 fully saturated rings. The van der Waals surface area contributed by atoms with E-state index >= 15 is 0 Å². The van der Waals surface area contributed by atoms with E-state index in [1.807, 2.05) is 179 Å². The summed E-state index contributed by atoms with van der Waals surface area (Å²) in [5, 5.41) is 29.0. The molecular formula is C80H88O13. The Morgan fingerprint density at radius 1 is 0.473 bits per heavy atom. The number of aryl methyl sites for hydroxylation is 1. The molecule has 0 aromatic heterocycles. The van der Waals surface area contributed by atoms with Crippen molar-refractivity contribution in [3.63, 3.8) is 0 Å². The number of phenols is 3. The zero-order valence-corrected chi connectivity index (χ0v) is 55.6. The first-order valence-electron chi connectivity index (χ1n) is 30.9. The van der Waals surface area contributed by atoms with Crippen LogP contribution >= 0.6 is 0 Å². The lowest BCUT2D eigenvalue weighted by Crippen LogP contribution is -2.39. The van der Waals surface area contributed by atoms with Crippen LogP contribution in [-0.4, -0.2) is 63.0 Å². The van der Waals surface area contributed by atoms with Gasteiger partial charge in [0.15, 0.2) is 23.8 Å².